The number of ether oxygens (including phenoxy) is 1. The van der Waals surface area contributed by atoms with Crippen LogP contribution >= 0.6 is 0 Å². The van der Waals surface area contributed by atoms with Gasteiger partial charge in [-0.2, -0.15) is 5.10 Å². The molecule has 0 saturated carbocycles. The number of benzene rings is 1. The number of nitro benzene ring substituents is 1. The quantitative estimate of drug-likeness (QED) is 0.542. The number of hydrogen-bond acceptors (Lipinski definition) is 5. The number of fused-ring (bicyclic) bond motifs is 1. The third-order valence-corrected chi connectivity index (χ3v) is 4.37. The molecule has 2 aromatic heterocycles. The summed E-state index contributed by atoms with van der Waals surface area (Å²) in [7, 11) is 0. The van der Waals surface area contributed by atoms with Gasteiger partial charge in [-0.25, -0.2) is 4.68 Å². The SMILES string of the molecule is O=[N+]([O-])c1ccc(-c2ccnn2C2CCCCO2)c2ccncc12. The number of pyridine rings is 1. The van der Waals surface area contributed by atoms with E-state index in [1.165, 1.54) is 12.3 Å². The van der Waals surface area contributed by atoms with Crippen LogP contribution in [0.5, 0.6) is 0 Å². The lowest BCUT2D eigenvalue weighted by atomic mass is 10.0. The van der Waals surface area contributed by atoms with Crippen LogP contribution in [0, 0.1) is 10.1 Å². The van der Waals surface area contributed by atoms with Gasteiger partial charge in [-0.15, -0.1) is 0 Å². The molecule has 0 radical (unpaired) electrons. The summed E-state index contributed by atoms with van der Waals surface area (Å²) in [5, 5.41) is 17.0. The normalized spacial score (nSPS) is 17.9. The fourth-order valence-electron chi connectivity index (χ4n) is 3.23. The highest BCUT2D eigenvalue weighted by atomic mass is 16.6. The molecule has 3 aromatic rings. The molecule has 122 valence electrons. The summed E-state index contributed by atoms with van der Waals surface area (Å²) >= 11 is 0. The maximum Gasteiger partial charge on any atom is 0.278 e. The molecule has 4 rings (SSSR count). The predicted octanol–water partition coefficient (Wildman–Crippen LogP) is 3.71. The van der Waals surface area contributed by atoms with Crippen LogP contribution in [0.3, 0.4) is 0 Å². The minimum atomic E-state index is -0.380. The number of rotatable bonds is 3. The molecule has 1 fully saturated rings. The fourth-order valence-corrected chi connectivity index (χ4v) is 3.23. The third kappa shape index (κ3) is 2.43. The molecule has 3 heterocycles. The highest BCUT2D eigenvalue weighted by Crippen LogP contribution is 2.35. The van der Waals surface area contributed by atoms with Crippen molar-refractivity contribution in [2.45, 2.75) is 25.5 Å². The van der Waals surface area contributed by atoms with E-state index in [9.17, 15) is 10.1 Å². The van der Waals surface area contributed by atoms with Crippen molar-refractivity contribution in [1.82, 2.24) is 14.8 Å². The zero-order valence-electron chi connectivity index (χ0n) is 13.0. The van der Waals surface area contributed by atoms with Gasteiger partial charge in [0.15, 0.2) is 6.23 Å². The van der Waals surface area contributed by atoms with E-state index in [1.807, 2.05) is 10.7 Å². The lowest BCUT2D eigenvalue weighted by molar-refractivity contribution is -0.383. The molecule has 1 unspecified atom stereocenters. The summed E-state index contributed by atoms with van der Waals surface area (Å²) in [6.07, 6.45) is 7.93. The smallest absolute Gasteiger partial charge is 0.278 e. The molecule has 1 atom stereocenters. The Kier molecular flexibility index (Phi) is 3.70. The van der Waals surface area contributed by atoms with Gasteiger partial charge in [-0.3, -0.25) is 15.1 Å². The van der Waals surface area contributed by atoms with E-state index >= 15 is 0 Å². The van der Waals surface area contributed by atoms with Gasteiger partial charge in [0.05, 0.1) is 16.0 Å². The Hall–Kier alpha value is -2.80. The summed E-state index contributed by atoms with van der Waals surface area (Å²) in [5.41, 5.74) is 1.85. The van der Waals surface area contributed by atoms with Crippen LogP contribution in [-0.4, -0.2) is 26.3 Å². The van der Waals surface area contributed by atoms with Crippen molar-refractivity contribution in [3.63, 3.8) is 0 Å². The van der Waals surface area contributed by atoms with Crippen molar-refractivity contribution in [1.29, 1.82) is 0 Å². The Morgan fingerprint density at radius 2 is 2.08 bits per heavy atom. The number of hydrogen-bond donors (Lipinski definition) is 0. The van der Waals surface area contributed by atoms with E-state index in [1.54, 1.807) is 24.5 Å². The molecule has 0 bridgehead atoms. The summed E-state index contributed by atoms with van der Waals surface area (Å²) in [6.45, 7) is 0.731. The second-order valence-corrected chi connectivity index (χ2v) is 5.79. The van der Waals surface area contributed by atoms with Gasteiger partial charge in [0.2, 0.25) is 0 Å². The fraction of sp³-hybridized carbons (Fsp3) is 0.294. The zero-order chi connectivity index (χ0) is 16.5. The van der Waals surface area contributed by atoms with E-state index in [-0.39, 0.29) is 16.8 Å². The molecule has 0 spiro atoms. The predicted molar refractivity (Wildman–Crippen MR) is 88.5 cm³/mol. The van der Waals surface area contributed by atoms with Gasteiger partial charge in [0.25, 0.3) is 5.69 Å². The van der Waals surface area contributed by atoms with Gasteiger partial charge in [0, 0.05) is 42.2 Å². The molecule has 0 amide bonds. The third-order valence-electron chi connectivity index (χ3n) is 4.37. The van der Waals surface area contributed by atoms with Crippen molar-refractivity contribution in [3.8, 4) is 11.3 Å². The number of aromatic nitrogens is 3. The van der Waals surface area contributed by atoms with Crippen LogP contribution < -0.4 is 0 Å². The van der Waals surface area contributed by atoms with E-state index in [2.05, 4.69) is 10.1 Å². The first-order valence-electron chi connectivity index (χ1n) is 7.92. The maximum atomic E-state index is 11.3. The van der Waals surface area contributed by atoms with Crippen molar-refractivity contribution < 1.29 is 9.66 Å². The average Bonchev–Trinajstić information content (AvgIpc) is 3.11. The Morgan fingerprint density at radius 1 is 1.17 bits per heavy atom. The van der Waals surface area contributed by atoms with E-state index in [0.717, 1.165) is 42.5 Å². The van der Waals surface area contributed by atoms with Gasteiger partial charge in [-0.1, -0.05) is 0 Å². The van der Waals surface area contributed by atoms with Gasteiger partial charge in [0.1, 0.15) is 0 Å². The average molecular weight is 324 g/mol. The summed E-state index contributed by atoms with van der Waals surface area (Å²) < 4.78 is 7.71. The Labute approximate surface area is 138 Å². The zero-order valence-corrected chi connectivity index (χ0v) is 13.0. The molecule has 0 N–H and O–H groups in total. The summed E-state index contributed by atoms with van der Waals surface area (Å²) in [5.74, 6) is 0. The largest absolute Gasteiger partial charge is 0.356 e. The molecule has 1 saturated heterocycles. The van der Waals surface area contributed by atoms with Gasteiger partial charge >= 0.3 is 0 Å². The Balaban J connectivity index is 1.88. The van der Waals surface area contributed by atoms with Crippen molar-refractivity contribution >= 4 is 16.5 Å². The lowest BCUT2D eigenvalue weighted by Crippen LogP contribution is -2.19. The first-order chi connectivity index (χ1) is 11.8. The topological polar surface area (TPSA) is 83.1 Å². The van der Waals surface area contributed by atoms with E-state index < -0.39 is 0 Å². The van der Waals surface area contributed by atoms with E-state index in [4.69, 9.17) is 4.74 Å². The number of non-ortho nitro benzene ring substituents is 1. The van der Waals surface area contributed by atoms with E-state index in [0.29, 0.717) is 5.39 Å². The molecular weight excluding hydrogens is 308 g/mol. The second kappa shape index (κ2) is 6.01. The summed E-state index contributed by atoms with van der Waals surface area (Å²) in [6, 6.07) is 7.02. The van der Waals surface area contributed by atoms with Crippen LogP contribution in [0.25, 0.3) is 22.0 Å². The van der Waals surface area contributed by atoms with Crippen LogP contribution in [-0.2, 0) is 4.74 Å². The maximum absolute atomic E-state index is 11.3. The molecule has 1 aromatic carbocycles. The molecule has 24 heavy (non-hydrogen) atoms. The highest BCUT2D eigenvalue weighted by molar-refractivity contribution is 6.00. The van der Waals surface area contributed by atoms with Crippen LogP contribution in [0.2, 0.25) is 0 Å². The molecule has 1 aliphatic heterocycles. The Bertz CT molecular complexity index is 900. The molecule has 7 nitrogen and oxygen atoms in total. The van der Waals surface area contributed by atoms with Crippen molar-refractivity contribution in [2.24, 2.45) is 0 Å². The standard InChI is InChI=1S/C17H16N4O3/c22-21(23)16-5-4-13(12-6-8-18-11-14(12)16)15-7-9-19-20(15)17-3-1-2-10-24-17/h4-9,11,17H,1-3,10H2. The number of nitro groups is 1. The molecule has 7 heteroatoms. The lowest BCUT2D eigenvalue weighted by Gasteiger charge is -2.24. The van der Waals surface area contributed by atoms with Crippen LogP contribution in [0.15, 0.2) is 42.9 Å². The minimum absolute atomic E-state index is 0.0573. The first-order valence-corrected chi connectivity index (χ1v) is 7.92. The monoisotopic (exact) mass is 324 g/mol. The van der Waals surface area contributed by atoms with Crippen molar-refractivity contribution in [2.75, 3.05) is 6.61 Å². The minimum Gasteiger partial charge on any atom is -0.356 e. The number of nitrogens with zero attached hydrogens (tertiary/aromatic N) is 4. The molecular formula is C17H16N4O3. The first kappa shape index (κ1) is 14.8. The highest BCUT2D eigenvalue weighted by Gasteiger charge is 2.22. The molecule has 1 aliphatic rings. The Morgan fingerprint density at radius 3 is 2.88 bits per heavy atom. The van der Waals surface area contributed by atoms with Crippen LogP contribution in [0.1, 0.15) is 25.5 Å². The van der Waals surface area contributed by atoms with Crippen LogP contribution in [0.4, 0.5) is 5.69 Å². The van der Waals surface area contributed by atoms with Gasteiger partial charge < -0.3 is 4.74 Å². The van der Waals surface area contributed by atoms with Crippen molar-refractivity contribution in [3.05, 3.63) is 53.0 Å². The second-order valence-electron chi connectivity index (χ2n) is 5.79. The molecule has 0 aliphatic carbocycles. The van der Waals surface area contributed by atoms with Gasteiger partial charge in [-0.05, 0) is 37.5 Å². The summed E-state index contributed by atoms with van der Waals surface area (Å²) in [4.78, 5) is 14.9.